The molecule has 0 unspecified atom stereocenters. The van der Waals surface area contributed by atoms with Crippen molar-refractivity contribution in [2.24, 2.45) is 5.92 Å². The number of aryl methyl sites for hydroxylation is 2. The molecule has 0 bridgehead atoms. The molecule has 0 saturated heterocycles. The summed E-state index contributed by atoms with van der Waals surface area (Å²) < 4.78 is 5.47. The molecule has 9 heteroatoms. The lowest BCUT2D eigenvalue weighted by Gasteiger charge is -2.28. The molecule has 1 saturated carbocycles. The van der Waals surface area contributed by atoms with Crippen LogP contribution in [0.4, 0.5) is 17.4 Å². The first kappa shape index (κ1) is 22.4. The summed E-state index contributed by atoms with van der Waals surface area (Å²) in [5, 5.41) is 22.5. The third-order valence-corrected chi connectivity index (χ3v) is 6.05. The Morgan fingerprint density at radius 1 is 1.09 bits per heavy atom. The van der Waals surface area contributed by atoms with E-state index >= 15 is 0 Å². The molecular weight excluding hydrogens is 422 g/mol. The highest BCUT2D eigenvalue weighted by molar-refractivity contribution is 6.00. The average Bonchev–Trinajstić information content (AvgIpc) is 3.26. The van der Waals surface area contributed by atoms with Crippen molar-refractivity contribution in [3.05, 3.63) is 59.2 Å². The van der Waals surface area contributed by atoms with E-state index in [1.54, 1.807) is 6.20 Å². The Morgan fingerprint density at radius 2 is 1.82 bits per heavy atom. The zero-order valence-corrected chi connectivity index (χ0v) is 18.7. The SMILES string of the molecule is Cc1cc(Nc2nnc(C(=O)Nc3ccc([C@H]4CC[C@H](CC(=O)O)CC4)cc3)o2)c(C)cn1. The standard InChI is InChI=1S/C24H27N5O4/c1-14-13-25-15(2)11-20(14)27-24-29-28-23(33-24)22(32)26-19-9-7-18(8-10-19)17-5-3-16(4-6-17)12-21(30)31/h7-11,13,16-17H,3-6,12H2,1-2H3,(H,26,32)(H,30,31)(H,25,27,29)/t16-,17-. The Morgan fingerprint density at radius 3 is 2.52 bits per heavy atom. The molecule has 0 aliphatic heterocycles. The molecule has 0 radical (unpaired) electrons. The lowest BCUT2D eigenvalue weighted by Crippen LogP contribution is -2.16. The number of carboxylic acid groups (broad SMARTS) is 1. The van der Waals surface area contributed by atoms with Crippen LogP contribution in [0.5, 0.6) is 0 Å². The number of benzene rings is 1. The van der Waals surface area contributed by atoms with Crippen molar-refractivity contribution in [3.8, 4) is 0 Å². The van der Waals surface area contributed by atoms with Crippen LogP contribution in [0.1, 0.15) is 65.5 Å². The molecule has 3 N–H and O–H groups in total. The largest absolute Gasteiger partial charge is 0.481 e. The van der Waals surface area contributed by atoms with Gasteiger partial charge in [0.15, 0.2) is 0 Å². The molecule has 3 aromatic rings. The number of carboxylic acids is 1. The summed E-state index contributed by atoms with van der Waals surface area (Å²) >= 11 is 0. The number of aliphatic carboxylic acids is 1. The molecule has 2 aromatic heterocycles. The summed E-state index contributed by atoms with van der Waals surface area (Å²) in [5.74, 6) is -0.644. The van der Waals surface area contributed by atoms with E-state index in [1.807, 2.05) is 44.2 Å². The van der Waals surface area contributed by atoms with Crippen LogP contribution in [0.3, 0.4) is 0 Å². The van der Waals surface area contributed by atoms with E-state index < -0.39 is 11.9 Å². The number of nitrogens with one attached hydrogen (secondary N) is 2. The maximum Gasteiger partial charge on any atom is 0.320 e. The number of rotatable bonds is 7. The van der Waals surface area contributed by atoms with Crippen molar-refractivity contribution in [2.75, 3.05) is 10.6 Å². The maximum absolute atomic E-state index is 12.5. The summed E-state index contributed by atoms with van der Waals surface area (Å²) in [7, 11) is 0. The minimum Gasteiger partial charge on any atom is -0.481 e. The number of carbonyl (C=O) groups excluding carboxylic acids is 1. The lowest BCUT2D eigenvalue weighted by atomic mass is 9.77. The molecule has 1 aliphatic carbocycles. The zero-order valence-electron chi connectivity index (χ0n) is 18.7. The van der Waals surface area contributed by atoms with Crippen LogP contribution in [-0.4, -0.2) is 32.2 Å². The van der Waals surface area contributed by atoms with E-state index in [0.29, 0.717) is 11.6 Å². The van der Waals surface area contributed by atoms with Gasteiger partial charge in [-0.2, -0.15) is 0 Å². The van der Waals surface area contributed by atoms with Crippen molar-refractivity contribution in [1.82, 2.24) is 15.2 Å². The molecule has 33 heavy (non-hydrogen) atoms. The van der Waals surface area contributed by atoms with Crippen LogP contribution in [0.2, 0.25) is 0 Å². The van der Waals surface area contributed by atoms with Crippen molar-refractivity contribution in [1.29, 1.82) is 0 Å². The molecular formula is C24H27N5O4. The molecule has 9 nitrogen and oxygen atoms in total. The Hall–Kier alpha value is -3.75. The average molecular weight is 450 g/mol. The monoisotopic (exact) mass is 449 g/mol. The zero-order chi connectivity index (χ0) is 23.4. The number of hydrogen-bond acceptors (Lipinski definition) is 7. The molecule has 1 amide bonds. The van der Waals surface area contributed by atoms with Gasteiger partial charge in [-0.25, -0.2) is 0 Å². The number of amides is 1. The summed E-state index contributed by atoms with van der Waals surface area (Å²) in [6.45, 7) is 3.79. The number of aromatic nitrogens is 3. The normalized spacial score (nSPS) is 18.0. The minimum atomic E-state index is -0.717. The van der Waals surface area contributed by atoms with Crippen molar-refractivity contribution in [3.63, 3.8) is 0 Å². The van der Waals surface area contributed by atoms with Gasteiger partial charge in [0.2, 0.25) is 0 Å². The molecule has 4 rings (SSSR count). The molecule has 2 heterocycles. The van der Waals surface area contributed by atoms with Gasteiger partial charge in [-0.05, 0) is 80.7 Å². The first-order valence-corrected chi connectivity index (χ1v) is 11.0. The van der Waals surface area contributed by atoms with Gasteiger partial charge in [-0.15, -0.1) is 5.10 Å². The van der Waals surface area contributed by atoms with Crippen LogP contribution < -0.4 is 10.6 Å². The van der Waals surface area contributed by atoms with Crippen LogP contribution in [0.15, 0.2) is 40.9 Å². The van der Waals surface area contributed by atoms with Gasteiger partial charge >= 0.3 is 23.8 Å². The molecule has 1 aromatic carbocycles. The second-order valence-electron chi connectivity index (χ2n) is 8.57. The number of anilines is 3. The van der Waals surface area contributed by atoms with E-state index in [-0.39, 0.29) is 24.2 Å². The molecule has 0 atom stereocenters. The topological polar surface area (TPSA) is 130 Å². The van der Waals surface area contributed by atoms with Gasteiger partial charge in [0, 0.05) is 29.7 Å². The van der Waals surface area contributed by atoms with E-state index in [0.717, 1.165) is 42.6 Å². The highest BCUT2D eigenvalue weighted by atomic mass is 16.4. The number of carbonyl (C=O) groups is 2. The summed E-state index contributed by atoms with van der Waals surface area (Å²) in [4.78, 5) is 27.6. The van der Waals surface area contributed by atoms with Gasteiger partial charge in [-0.3, -0.25) is 14.6 Å². The Balaban J connectivity index is 1.33. The number of hydrogen-bond donors (Lipinski definition) is 3. The third-order valence-electron chi connectivity index (χ3n) is 6.05. The quantitative estimate of drug-likeness (QED) is 0.468. The van der Waals surface area contributed by atoms with Crippen LogP contribution >= 0.6 is 0 Å². The van der Waals surface area contributed by atoms with E-state index in [9.17, 15) is 9.59 Å². The van der Waals surface area contributed by atoms with Crippen LogP contribution in [0, 0.1) is 19.8 Å². The summed E-state index contributed by atoms with van der Waals surface area (Å²) in [6.07, 6.45) is 5.83. The first-order chi connectivity index (χ1) is 15.9. The van der Waals surface area contributed by atoms with E-state index in [4.69, 9.17) is 9.52 Å². The van der Waals surface area contributed by atoms with Crippen molar-refractivity contribution >= 4 is 29.3 Å². The minimum absolute atomic E-state index is 0.127. The predicted octanol–water partition coefficient (Wildman–Crippen LogP) is 4.83. The molecule has 172 valence electrons. The van der Waals surface area contributed by atoms with Crippen LogP contribution in [-0.2, 0) is 4.79 Å². The highest BCUT2D eigenvalue weighted by Crippen LogP contribution is 2.37. The Bertz CT molecular complexity index is 1130. The van der Waals surface area contributed by atoms with Gasteiger partial charge in [0.1, 0.15) is 0 Å². The smallest absolute Gasteiger partial charge is 0.320 e. The lowest BCUT2D eigenvalue weighted by molar-refractivity contribution is -0.138. The molecule has 1 fully saturated rings. The van der Waals surface area contributed by atoms with E-state index in [2.05, 4.69) is 25.8 Å². The highest BCUT2D eigenvalue weighted by Gasteiger charge is 2.24. The fraction of sp³-hybridized carbons (Fsp3) is 0.375. The predicted molar refractivity (Wildman–Crippen MR) is 123 cm³/mol. The first-order valence-electron chi connectivity index (χ1n) is 11.0. The molecule has 0 spiro atoms. The number of nitrogens with zero attached hydrogens (tertiary/aromatic N) is 3. The van der Waals surface area contributed by atoms with Crippen molar-refractivity contribution < 1.29 is 19.1 Å². The van der Waals surface area contributed by atoms with Gasteiger partial charge < -0.3 is 20.2 Å². The van der Waals surface area contributed by atoms with Gasteiger partial charge in [0.05, 0.1) is 0 Å². The van der Waals surface area contributed by atoms with Gasteiger partial charge in [-0.1, -0.05) is 17.2 Å². The van der Waals surface area contributed by atoms with Crippen LogP contribution in [0.25, 0.3) is 0 Å². The van der Waals surface area contributed by atoms with E-state index in [1.165, 1.54) is 5.56 Å². The fourth-order valence-corrected chi connectivity index (χ4v) is 4.21. The Labute approximate surface area is 191 Å². The summed E-state index contributed by atoms with van der Waals surface area (Å²) in [6, 6.07) is 9.71. The third kappa shape index (κ3) is 5.74. The fourth-order valence-electron chi connectivity index (χ4n) is 4.21. The Kier molecular flexibility index (Phi) is 6.67. The summed E-state index contributed by atoms with van der Waals surface area (Å²) in [5.41, 5.74) is 4.38. The second-order valence-corrected chi connectivity index (χ2v) is 8.57. The maximum atomic E-state index is 12.5. The number of pyridine rings is 1. The van der Waals surface area contributed by atoms with Crippen molar-refractivity contribution in [2.45, 2.75) is 51.9 Å². The van der Waals surface area contributed by atoms with Gasteiger partial charge in [0.25, 0.3) is 0 Å². The second kappa shape index (κ2) is 9.81. The molecule has 1 aliphatic rings.